The largest absolute Gasteiger partial charge is 0.345 e. The van der Waals surface area contributed by atoms with E-state index in [2.05, 4.69) is 16.0 Å². The molecule has 0 unspecified atom stereocenters. The number of carbonyl (C=O) groups is 3. The first-order valence-electron chi connectivity index (χ1n) is 10.8. The van der Waals surface area contributed by atoms with Gasteiger partial charge in [0.1, 0.15) is 6.04 Å². The van der Waals surface area contributed by atoms with Crippen molar-refractivity contribution in [1.82, 2.24) is 16.0 Å². The predicted molar refractivity (Wildman–Crippen MR) is 116 cm³/mol. The molecule has 0 aliphatic heterocycles. The van der Waals surface area contributed by atoms with Gasteiger partial charge in [-0.2, -0.15) is 0 Å². The molecule has 0 spiro atoms. The van der Waals surface area contributed by atoms with Gasteiger partial charge in [-0.05, 0) is 85.0 Å². The number of ketones is 1. The van der Waals surface area contributed by atoms with Gasteiger partial charge in [0.25, 0.3) is 0 Å². The molecule has 0 aliphatic rings. The highest BCUT2D eigenvalue weighted by molar-refractivity contribution is 5.92. The average molecular weight is 415 g/mol. The minimum atomic E-state index is -0.698. The Labute approximate surface area is 175 Å². The van der Waals surface area contributed by atoms with E-state index >= 15 is 0 Å². The highest BCUT2D eigenvalue weighted by atomic mass is 16.2. The number of nitrogens with two attached hydrogens (primary N) is 3. The molecule has 0 saturated carbocycles. The van der Waals surface area contributed by atoms with E-state index in [-0.39, 0.29) is 23.6 Å². The first-order valence-corrected chi connectivity index (χ1v) is 10.8. The van der Waals surface area contributed by atoms with Crippen LogP contribution >= 0.6 is 0 Å². The third kappa shape index (κ3) is 12.6. The molecule has 3 atom stereocenters. The van der Waals surface area contributed by atoms with Gasteiger partial charge in [0.2, 0.25) is 11.8 Å². The van der Waals surface area contributed by atoms with Crippen LogP contribution in [-0.4, -0.2) is 62.4 Å². The Bertz CT molecular complexity index is 475. The van der Waals surface area contributed by atoms with Crippen molar-refractivity contribution >= 4 is 17.6 Å². The van der Waals surface area contributed by atoms with Crippen molar-refractivity contribution in [1.29, 1.82) is 0 Å². The summed E-state index contributed by atoms with van der Waals surface area (Å²) in [5, 5.41) is 8.65. The summed E-state index contributed by atoms with van der Waals surface area (Å²) >= 11 is 0. The monoisotopic (exact) mass is 414 g/mol. The molecule has 0 aromatic rings. The van der Waals surface area contributed by atoms with Crippen molar-refractivity contribution in [2.75, 3.05) is 26.7 Å². The van der Waals surface area contributed by atoms with Crippen LogP contribution in [0.15, 0.2) is 0 Å². The van der Waals surface area contributed by atoms with E-state index in [1.165, 1.54) is 6.92 Å². The van der Waals surface area contributed by atoms with Crippen molar-refractivity contribution in [2.24, 2.45) is 17.2 Å². The number of Topliss-reactive ketones (excluding diaryl/α,β-unsaturated/α-hetero) is 1. The lowest BCUT2D eigenvalue weighted by molar-refractivity contribution is -0.132. The summed E-state index contributed by atoms with van der Waals surface area (Å²) in [6, 6.07) is -1.65. The summed E-state index contributed by atoms with van der Waals surface area (Å²) in [5.74, 6) is -0.655. The topological polar surface area (TPSA) is 165 Å². The van der Waals surface area contributed by atoms with Crippen molar-refractivity contribution < 1.29 is 14.4 Å². The van der Waals surface area contributed by atoms with Crippen molar-refractivity contribution in [2.45, 2.75) is 82.8 Å². The van der Waals surface area contributed by atoms with Crippen molar-refractivity contribution in [3.05, 3.63) is 0 Å². The van der Waals surface area contributed by atoms with Gasteiger partial charge in [-0.3, -0.25) is 14.4 Å². The zero-order chi connectivity index (χ0) is 22.1. The molecule has 0 aromatic carbocycles. The van der Waals surface area contributed by atoms with Crippen LogP contribution in [-0.2, 0) is 14.4 Å². The number of amides is 2. The van der Waals surface area contributed by atoms with E-state index in [0.29, 0.717) is 45.3 Å². The fourth-order valence-corrected chi connectivity index (χ4v) is 3.08. The number of carbonyl (C=O) groups excluding carboxylic acids is 3. The van der Waals surface area contributed by atoms with Gasteiger partial charge in [0.05, 0.1) is 12.1 Å². The molecule has 0 radical (unpaired) electrons. The molecule has 0 aliphatic carbocycles. The molecule has 2 amide bonds. The van der Waals surface area contributed by atoms with Crippen LogP contribution in [0.1, 0.15) is 64.7 Å². The quantitative estimate of drug-likeness (QED) is 0.165. The maximum Gasteiger partial charge on any atom is 0.243 e. The van der Waals surface area contributed by atoms with Crippen LogP contribution in [0, 0.1) is 0 Å². The van der Waals surface area contributed by atoms with E-state index < -0.39 is 12.1 Å². The van der Waals surface area contributed by atoms with Crippen LogP contribution in [0.3, 0.4) is 0 Å². The summed E-state index contributed by atoms with van der Waals surface area (Å²) in [6.45, 7) is 3.12. The molecule has 9 N–H and O–H groups in total. The first kappa shape index (κ1) is 27.5. The second-order valence-corrected chi connectivity index (χ2v) is 7.43. The van der Waals surface area contributed by atoms with Crippen LogP contribution < -0.4 is 33.2 Å². The van der Waals surface area contributed by atoms with E-state index in [1.807, 2.05) is 0 Å². The highest BCUT2D eigenvalue weighted by Gasteiger charge is 2.27. The van der Waals surface area contributed by atoms with Gasteiger partial charge >= 0.3 is 0 Å². The third-order valence-corrected chi connectivity index (χ3v) is 4.95. The zero-order valence-electron chi connectivity index (χ0n) is 18.2. The molecule has 0 saturated heterocycles. The summed E-state index contributed by atoms with van der Waals surface area (Å²) in [6.07, 6.45) is 6.36. The minimum Gasteiger partial charge on any atom is -0.345 e. The molecule has 0 aromatic heterocycles. The molecule has 0 fully saturated rings. The molecular weight excluding hydrogens is 372 g/mol. The Kier molecular flexibility index (Phi) is 16.4. The fourth-order valence-electron chi connectivity index (χ4n) is 3.08. The Balaban J connectivity index is 4.99. The Hall–Kier alpha value is -1.55. The SMILES string of the molecule is CN[C@@H](CCCCN)C(=O)N[C@@H](CCCCN)C(=O)N[C@@H](CCCCN)C(C)=O. The lowest BCUT2D eigenvalue weighted by Crippen LogP contribution is -2.54. The lowest BCUT2D eigenvalue weighted by atomic mass is 10.0. The second-order valence-electron chi connectivity index (χ2n) is 7.43. The molecular formula is C20H42N6O3. The second kappa shape index (κ2) is 17.3. The number of hydrogen-bond acceptors (Lipinski definition) is 7. The summed E-state index contributed by atoms with van der Waals surface area (Å²) in [7, 11) is 1.72. The summed E-state index contributed by atoms with van der Waals surface area (Å²) < 4.78 is 0. The minimum absolute atomic E-state index is 0.0997. The van der Waals surface area contributed by atoms with Gasteiger partial charge in [-0.1, -0.05) is 6.42 Å². The molecule has 9 heteroatoms. The normalized spacial score (nSPS) is 14.1. The average Bonchev–Trinajstić information content (AvgIpc) is 2.69. The molecule has 0 bridgehead atoms. The molecule has 0 rings (SSSR count). The summed E-state index contributed by atoms with van der Waals surface area (Å²) in [5.41, 5.74) is 16.6. The number of likely N-dealkylation sites (N-methyl/N-ethyl adjacent to an activating group) is 1. The van der Waals surface area contributed by atoms with Crippen LogP contribution in [0.2, 0.25) is 0 Å². The van der Waals surface area contributed by atoms with E-state index in [9.17, 15) is 14.4 Å². The standard InChI is InChI=1S/C20H42N6O3/c1-15(27)16(9-3-6-12-21)25-20(29)18(11-5-8-14-23)26-19(28)17(24-2)10-4-7-13-22/h16-18,24H,3-14,21-23H2,1-2H3,(H,25,29)(H,26,28)/t16-,17-,18-/m0/s1. The van der Waals surface area contributed by atoms with E-state index in [1.54, 1.807) is 7.05 Å². The Morgan fingerprint density at radius 1 is 0.655 bits per heavy atom. The van der Waals surface area contributed by atoms with Crippen molar-refractivity contribution in [3.8, 4) is 0 Å². The Morgan fingerprint density at radius 2 is 1.03 bits per heavy atom. The van der Waals surface area contributed by atoms with Crippen LogP contribution in [0.4, 0.5) is 0 Å². The predicted octanol–water partition coefficient (Wildman–Crippen LogP) is -0.480. The van der Waals surface area contributed by atoms with Crippen LogP contribution in [0.5, 0.6) is 0 Å². The van der Waals surface area contributed by atoms with Gasteiger partial charge in [0, 0.05) is 0 Å². The molecule has 0 heterocycles. The van der Waals surface area contributed by atoms with Gasteiger partial charge in [-0.25, -0.2) is 0 Å². The lowest BCUT2D eigenvalue weighted by Gasteiger charge is -2.24. The highest BCUT2D eigenvalue weighted by Crippen LogP contribution is 2.07. The first-order chi connectivity index (χ1) is 13.9. The molecule has 29 heavy (non-hydrogen) atoms. The zero-order valence-corrected chi connectivity index (χ0v) is 18.2. The number of hydrogen-bond donors (Lipinski definition) is 6. The van der Waals surface area contributed by atoms with Gasteiger partial charge in [0.15, 0.2) is 5.78 Å². The fraction of sp³-hybridized carbons (Fsp3) is 0.850. The van der Waals surface area contributed by atoms with Gasteiger partial charge in [-0.15, -0.1) is 0 Å². The van der Waals surface area contributed by atoms with Crippen LogP contribution in [0.25, 0.3) is 0 Å². The smallest absolute Gasteiger partial charge is 0.243 e. The van der Waals surface area contributed by atoms with E-state index in [4.69, 9.17) is 17.2 Å². The maximum atomic E-state index is 12.8. The number of nitrogens with one attached hydrogen (secondary N) is 3. The maximum absolute atomic E-state index is 12.8. The Morgan fingerprint density at radius 3 is 1.45 bits per heavy atom. The molecule has 9 nitrogen and oxygen atoms in total. The summed E-state index contributed by atoms with van der Waals surface area (Å²) in [4.78, 5) is 37.4. The third-order valence-electron chi connectivity index (χ3n) is 4.95. The van der Waals surface area contributed by atoms with Gasteiger partial charge < -0.3 is 33.2 Å². The number of rotatable bonds is 18. The van der Waals surface area contributed by atoms with Crippen molar-refractivity contribution in [3.63, 3.8) is 0 Å². The molecule has 170 valence electrons. The number of unbranched alkanes of at least 4 members (excludes halogenated alkanes) is 3. The van der Waals surface area contributed by atoms with E-state index in [0.717, 1.165) is 32.1 Å².